The number of hydrogen-bond donors (Lipinski definition) is 0. The van der Waals surface area contributed by atoms with Crippen LogP contribution in [0.5, 0.6) is 0 Å². The summed E-state index contributed by atoms with van der Waals surface area (Å²) in [5, 5.41) is 0. The largest absolute Gasteiger partial charge is 0.463 e. The van der Waals surface area contributed by atoms with Crippen molar-refractivity contribution in [3.63, 3.8) is 0 Å². The van der Waals surface area contributed by atoms with Crippen molar-refractivity contribution in [1.29, 1.82) is 0 Å². The van der Waals surface area contributed by atoms with Crippen LogP contribution in [0.4, 0.5) is 0 Å². The van der Waals surface area contributed by atoms with Crippen LogP contribution in [-0.4, -0.2) is 17.9 Å². The molecular formula is C24H34O3. The first-order chi connectivity index (χ1) is 12.7. The number of hydrogen-bond acceptors (Lipinski definition) is 3. The lowest BCUT2D eigenvalue weighted by atomic mass is 9.48. The van der Waals surface area contributed by atoms with Gasteiger partial charge in [0, 0.05) is 17.9 Å². The number of ketones is 1. The SMILES string of the molecule is CC(=O)O[C@@H]1CC[C@]2(C)C3=CC[C@]4(C)C(C(C)=O)=C(C)C[C@@H]4[C@@H]3CC[C@H]2C1. The van der Waals surface area contributed by atoms with Crippen molar-refractivity contribution < 1.29 is 14.3 Å². The summed E-state index contributed by atoms with van der Waals surface area (Å²) in [5.41, 5.74) is 4.39. The number of Topliss-reactive ketones (excluding diaryl/α,β-unsaturated/α-hetero) is 1. The highest BCUT2D eigenvalue weighted by molar-refractivity contribution is 5.96. The van der Waals surface area contributed by atoms with Gasteiger partial charge < -0.3 is 4.74 Å². The lowest BCUT2D eigenvalue weighted by molar-refractivity contribution is -0.151. The predicted octanol–water partition coefficient (Wildman–Crippen LogP) is 5.40. The number of carbonyl (C=O) groups is 2. The molecule has 148 valence electrons. The van der Waals surface area contributed by atoms with Crippen molar-refractivity contribution in [1.82, 2.24) is 0 Å². The van der Waals surface area contributed by atoms with Crippen LogP contribution in [0.25, 0.3) is 0 Å². The summed E-state index contributed by atoms with van der Waals surface area (Å²) in [6.07, 6.45) is 10.3. The van der Waals surface area contributed by atoms with Gasteiger partial charge in [-0.2, -0.15) is 0 Å². The Morgan fingerprint density at radius 1 is 1.11 bits per heavy atom. The Kier molecular flexibility index (Phi) is 4.44. The van der Waals surface area contributed by atoms with E-state index in [9.17, 15) is 9.59 Å². The fraction of sp³-hybridized carbons (Fsp3) is 0.750. The topological polar surface area (TPSA) is 43.4 Å². The van der Waals surface area contributed by atoms with Crippen molar-refractivity contribution in [2.75, 3.05) is 0 Å². The number of fused-ring (bicyclic) bond motifs is 5. The number of ether oxygens (including phenoxy) is 1. The summed E-state index contributed by atoms with van der Waals surface area (Å²) in [7, 11) is 0. The summed E-state index contributed by atoms with van der Waals surface area (Å²) in [5.74, 6) is 1.94. The highest BCUT2D eigenvalue weighted by Gasteiger charge is 2.56. The zero-order valence-electron chi connectivity index (χ0n) is 17.6. The van der Waals surface area contributed by atoms with Crippen molar-refractivity contribution in [2.45, 2.75) is 85.7 Å². The molecule has 0 amide bonds. The molecule has 4 rings (SSSR count). The summed E-state index contributed by atoms with van der Waals surface area (Å²) < 4.78 is 5.56. The van der Waals surface area contributed by atoms with E-state index in [2.05, 4.69) is 26.8 Å². The third-order valence-corrected chi connectivity index (χ3v) is 8.58. The molecule has 0 spiro atoms. The molecule has 0 N–H and O–H groups in total. The van der Waals surface area contributed by atoms with E-state index in [0.29, 0.717) is 17.8 Å². The quantitative estimate of drug-likeness (QED) is 0.483. The molecule has 0 heterocycles. The van der Waals surface area contributed by atoms with Crippen LogP contribution < -0.4 is 0 Å². The average Bonchev–Trinajstić information content (AvgIpc) is 2.85. The van der Waals surface area contributed by atoms with Gasteiger partial charge in [0.25, 0.3) is 0 Å². The van der Waals surface area contributed by atoms with Gasteiger partial charge in [-0.1, -0.05) is 31.1 Å². The summed E-state index contributed by atoms with van der Waals surface area (Å²) >= 11 is 0. The van der Waals surface area contributed by atoms with Gasteiger partial charge in [-0.3, -0.25) is 9.59 Å². The van der Waals surface area contributed by atoms with Crippen LogP contribution in [0.15, 0.2) is 22.8 Å². The van der Waals surface area contributed by atoms with Crippen LogP contribution in [0.3, 0.4) is 0 Å². The molecule has 2 fully saturated rings. The Bertz CT molecular complexity index is 745. The number of rotatable bonds is 2. The minimum absolute atomic E-state index is 0.0300. The third kappa shape index (κ3) is 2.76. The Morgan fingerprint density at radius 3 is 2.52 bits per heavy atom. The second-order valence-electron chi connectivity index (χ2n) is 10.1. The van der Waals surface area contributed by atoms with Crippen molar-refractivity contribution in [3.8, 4) is 0 Å². The maximum Gasteiger partial charge on any atom is 0.302 e. The molecule has 0 saturated heterocycles. The molecule has 2 saturated carbocycles. The smallest absolute Gasteiger partial charge is 0.302 e. The molecule has 4 aliphatic rings. The zero-order valence-corrected chi connectivity index (χ0v) is 17.6. The Balaban J connectivity index is 1.62. The van der Waals surface area contributed by atoms with Crippen LogP contribution in [-0.2, 0) is 14.3 Å². The Hall–Kier alpha value is -1.38. The molecule has 6 atom stereocenters. The summed E-state index contributed by atoms with van der Waals surface area (Å²) in [6, 6.07) is 0. The van der Waals surface area contributed by atoms with E-state index < -0.39 is 0 Å². The highest BCUT2D eigenvalue weighted by atomic mass is 16.5. The van der Waals surface area contributed by atoms with Gasteiger partial charge in [-0.05, 0) is 82.0 Å². The third-order valence-electron chi connectivity index (χ3n) is 8.58. The van der Waals surface area contributed by atoms with E-state index in [1.807, 2.05) is 0 Å². The van der Waals surface area contributed by atoms with Gasteiger partial charge in [-0.25, -0.2) is 0 Å². The minimum Gasteiger partial charge on any atom is -0.463 e. The average molecular weight is 371 g/mol. The van der Waals surface area contributed by atoms with Crippen molar-refractivity contribution >= 4 is 11.8 Å². The predicted molar refractivity (Wildman–Crippen MR) is 106 cm³/mol. The van der Waals surface area contributed by atoms with E-state index in [1.54, 1.807) is 12.5 Å². The summed E-state index contributed by atoms with van der Waals surface area (Å²) in [4.78, 5) is 23.8. The Labute approximate surface area is 163 Å². The molecule has 3 heteroatoms. The molecule has 4 aliphatic carbocycles. The van der Waals surface area contributed by atoms with Crippen molar-refractivity contribution in [3.05, 3.63) is 22.8 Å². The van der Waals surface area contributed by atoms with Gasteiger partial charge in [-0.15, -0.1) is 0 Å². The van der Waals surface area contributed by atoms with Crippen LogP contribution >= 0.6 is 0 Å². The lowest BCUT2D eigenvalue weighted by Gasteiger charge is -2.56. The molecule has 0 aromatic heterocycles. The number of esters is 1. The first-order valence-corrected chi connectivity index (χ1v) is 10.8. The highest BCUT2D eigenvalue weighted by Crippen LogP contribution is 2.65. The van der Waals surface area contributed by atoms with E-state index in [1.165, 1.54) is 25.3 Å². The monoisotopic (exact) mass is 370 g/mol. The fourth-order valence-electron chi connectivity index (χ4n) is 7.48. The molecule has 0 bridgehead atoms. The molecular weight excluding hydrogens is 336 g/mol. The van der Waals surface area contributed by atoms with Gasteiger partial charge >= 0.3 is 5.97 Å². The molecule has 0 aliphatic heterocycles. The standard InChI is InChI=1S/C24H34O3/c1-14-12-21-19-7-6-17-13-18(27-16(3)26)8-10-23(17,4)20(19)9-11-24(21,5)22(14)15(2)25/h9,17-19,21H,6-8,10-13H2,1-5H3/t17-,18+,19+,21+,23-,24-/m0/s1. The van der Waals surface area contributed by atoms with E-state index in [4.69, 9.17) is 4.74 Å². The van der Waals surface area contributed by atoms with Crippen LogP contribution in [0.1, 0.15) is 79.6 Å². The van der Waals surface area contributed by atoms with Gasteiger partial charge in [0.2, 0.25) is 0 Å². The second-order valence-corrected chi connectivity index (χ2v) is 10.1. The van der Waals surface area contributed by atoms with Crippen molar-refractivity contribution in [2.24, 2.45) is 28.6 Å². The maximum absolute atomic E-state index is 12.4. The lowest BCUT2D eigenvalue weighted by Crippen LogP contribution is -2.48. The molecule has 0 radical (unpaired) electrons. The molecule has 27 heavy (non-hydrogen) atoms. The summed E-state index contributed by atoms with van der Waals surface area (Å²) in [6.45, 7) is 10.3. The minimum atomic E-state index is -0.144. The van der Waals surface area contributed by atoms with Gasteiger partial charge in [0.05, 0.1) is 0 Å². The second kappa shape index (κ2) is 6.32. The van der Waals surface area contributed by atoms with E-state index >= 15 is 0 Å². The normalized spacial score (nSPS) is 43.4. The molecule has 0 aromatic carbocycles. The van der Waals surface area contributed by atoms with Crippen LogP contribution in [0, 0.1) is 28.6 Å². The maximum atomic E-state index is 12.4. The molecule has 0 aromatic rings. The van der Waals surface area contributed by atoms with Gasteiger partial charge in [0.1, 0.15) is 6.10 Å². The van der Waals surface area contributed by atoms with E-state index in [0.717, 1.165) is 37.7 Å². The zero-order chi connectivity index (χ0) is 19.6. The molecule has 0 unspecified atom stereocenters. The molecule has 3 nitrogen and oxygen atoms in total. The first kappa shape index (κ1) is 19.0. The number of carbonyl (C=O) groups excluding carboxylic acids is 2. The van der Waals surface area contributed by atoms with Gasteiger partial charge in [0.15, 0.2) is 5.78 Å². The number of allylic oxidation sites excluding steroid dienone is 4. The first-order valence-electron chi connectivity index (χ1n) is 10.8. The van der Waals surface area contributed by atoms with E-state index in [-0.39, 0.29) is 28.7 Å². The van der Waals surface area contributed by atoms with Crippen LogP contribution in [0.2, 0.25) is 0 Å². The Morgan fingerprint density at radius 2 is 1.85 bits per heavy atom. The fourth-order valence-corrected chi connectivity index (χ4v) is 7.48.